The molecule has 0 bridgehead atoms. The van der Waals surface area contributed by atoms with Crippen molar-refractivity contribution in [2.75, 3.05) is 19.8 Å². The highest BCUT2D eigenvalue weighted by Crippen LogP contribution is 2.22. The Labute approximate surface area is 161 Å². The first kappa shape index (κ1) is 24.7. The van der Waals surface area contributed by atoms with Gasteiger partial charge in [0.1, 0.15) is 24.4 Å². The zero-order valence-electron chi connectivity index (χ0n) is 15.7. The molecule has 1 heterocycles. The van der Waals surface area contributed by atoms with Crippen molar-refractivity contribution in [3.05, 3.63) is 0 Å². The van der Waals surface area contributed by atoms with Gasteiger partial charge in [-0.3, -0.25) is 4.79 Å². The largest absolute Gasteiger partial charge is 0.479 e. The van der Waals surface area contributed by atoms with Gasteiger partial charge in [-0.25, -0.2) is 4.79 Å². The molecule has 0 aromatic rings. The monoisotopic (exact) mass is 411 g/mol. The fourth-order valence-electron chi connectivity index (χ4n) is 2.62. The summed E-state index contributed by atoms with van der Waals surface area (Å²) in [6.45, 7) is 1.18. The first-order valence-electron chi connectivity index (χ1n) is 8.86. The van der Waals surface area contributed by atoms with Gasteiger partial charge in [0.25, 0.3) is 0 Å². The molecule has 164 valence electrons. The molecule has 0 aliphatic carbocycles. The number of aliphatic hydroxyl groups is 5. The smallest absolute Gasteiger partial charge is 0.335 e. The predicted molar refractivity (Wildman–Crippen MR) is 91.0 cm³/mol. The third kappa shape index (κ3) is 6.60. The number of rotatable bonds is 11. The number of ether oxygens (including phenoxy) is 3. The summed E-state index contributed by atoms with van der Waals surface area (Å²) in [6, 6.07) is -0.905. The minimum Gasteiger partial charge on any atom is -0.479 e. The van der Waals surface area contributed by atoms with Gasteiger partial charge in [0.05, 0.1) is 32.0 Å². The SMILES string of the molecule is CCC(=O)N[C@@H]1COC(CO)C(O)C1OC(OC(C(=O)O)[C@H](C)O)[C@@H](O)CO. The molecule has 5 unspecified atom stereocenters. The van der Waals surface area contributed by atoms with E-state index in [1.807, 2.05) is 0 Å². The van der Waals surface area contributed by atoms with Gasteiger partial charge in [-0.2, -0.15) is 0 Å². The van der Waals surface area contributed by atoms with Crippen LogP contribution in [-0.2, 0) is 23.8 Å². The lowest BCUT2D eigenvalue weighted by molar-refractivity contribution is -0.283. The number of hydrogen-bond donors (Lipinski definition) is 7. The maximum atomic E-state index is 11.7. The van der Waals surface area contributed by atoms with Crippen LogP contribution in [0.15, 0.2) is 0 Å². The van der Waals surface area contributed by atoms with Crippen molar-refractivity contribution in [2.24, 2.45) is 0 Å². The molecule has 1 rings (SSSR count). The molecule has 0 aromatic carbocycles. The van der Waals surface area contributed by atoms with E-state index in [1.54, 1.807) is 6.92 Å². The van der Waals surface area contributed by atoms with E-state index >= 15 is 0 Å². The number of carbonyl (C=O) groups is 2. The van der Waals surface area contributed by atoms with Crippen molar-refractivity contribution in [3.8, 4) is 0 Å². The highest BCUT2D eigenvalue weighted by Gasteiger charge is 2.44. The van der Waals surface area contributed by atoms with E-state index in [9.17, 15) is 35.1 Å². The van der Waals surface area contributed by atoms with Crippen LogP contribution in [0.5, 0.6) is 0 Å². The number of aliphatic hydroxyl groups excluding tert-OH is 5. The number of aliphatic carboxylic acids is 1. The average Bonchev–Trinajstić information content (AvgIpc) is 2.65. The van der Waals surface area contributed by atoms with Gasteiger partial charge in [0.15, 0.2) is 12.4 Å². The van der Waals surface area contributed by atoms with Crippen LogP contribution in [0.4, 0.5) is 0 Å². The summed E-state index contributed by atoms with van der Waals surface area (Å²) in [5.74, 6) is -1.92. The number of carboxylic acids is 1. The lowest BCUT2D eigenvalue weighted by Gasteiger charge is -2.42. The molecule has 0 aromatic heterocycles. The molecule has 0 radical (unpaired) electrons. The standard InChI is InChI=1S/C16H29NO11/c1-3-11(22)17-8-6-26-10(5-19)12(23)14(8)28-16(9(21)4-18)27-13(7(2)20)15(24)25/h7-10,12-14,16,18-21,23H,3-6H2,1-2H3,(H,17,22)(H,24,25)/t7-,8+,9-,10?,12?,13?,14?,16?/m0/s1. The first-order chi connectivity index (χ1) is 13.2. The van der Waals surface area contributed by atoms with Crippen molar-refractivity contribution >= 4 is 11.9 Å². The Morgan fingerprint density at radius 3 is 2.39 bits per heavy atom. The van der Waals surface area contributed by atoms with Crippen LogP contribution in [0, 0.1) is 0 Å². The van der Waals surface area contributed by atoms with E-state index in [0.717, 1.165) is 6.92 Å². The van der Waals surface area contributed by atoms with Crippen LogP contribution in [0.2, 0.25) is 0 Å². The van der Waals surface area contributed by atoms with Crippen LogP contribution < -0.4 is 5.32 Å². The van der Waals surface area contributed by atoms with Crippen molar-refractivity contribution in [2.45, 2.75) is 69.2 Å². The molecule has 1 amide bonds. The molecular formula is C16H29NO11. The summed E-state index contributed by atoms with van der Waals surface area (Å²) in [4.78, 5) is 23.0. The molecule has 28 heavy (non-hydrogen) atoms. The average molecular weight is 411 g/mol. The maximum Gasteiger partial charge on any atom is 0.335 e. The van der Waals surface area contributed by atoms with Crippen LogP contribution in [0.1, 0.15) is 20.3 Å². The van der Waals surface area contributed by atoms with Gasteiger partial charge < -0.3 is 50.2 Å². The summed E-state index contributed by atoms with van der Waals surface area (Å²) < 4.78 is 15.9. The van der Waals surface area contributed by atoms with Crippen LogP contribution >= 0.6 is 0 Å². The highest BCUT2D eigenvalue weighted by atomic mass is 16.7. The summed E-state index contributed by atoms with van der Waals surface area (Å²) in [5.41, 5.74) is 0. The van der Waals surface area contributed by atoms with Gasteiger partial charge in [0, 0.05) is 6.42 Å². The number of carbonyl (C=O) groups excluding carboxylic acids is 1. The molecule has 0 spiro atoms. The molecule has 1 saturated heterocycles. The molecule has 12 nitrogen and oxygen atoms in total. The van der Waals surface area contributed by atoms with E-state index in [-0.39, 0.29) is 18.9 Å². The molecule has 8 atom stereocenters. The predicted octanol–water partition coefficient (Wildman–Crippen LogP) is -3.45. The Balaban J connectivity index is 3.06. The maximum absolute atomic E-state index is 11.7. The second-order valence-corrected chi connectivity index (χ2v) is 6.43. The minimum absolute atomic E-state index is 0.130. The van der Waals surface area contributed by atoms with Gasteiger partial charge in [-0.15, -0.1) is 0 Å². The first-order valence-corrected chi connectivity index (χ1v) is 8.86. The summed E-state index contributed by atoms with van der Waals surface area (Å²) in [7, 11) is 0. The molecular weight excluding hydrogens is 382 g/mol. The number of amides is 1. The zero-order chi connectivity index (χ0) is 21.4. The minimum atomic E-state index is -1.79. The zero-order valence-corrected chi connectivity index (χ0v) is 15.7. The Morgan fingerprint density at radius 2 is 1.93 bits per heavy atom. The summed E-state index contributed by atoms with van der Waals surface area (Å²) in [6.07, 6.45) is -10.4. The van der Waals surface area contributed by atoms with Crippen LogP contribution in [0.25, 0.3) is 0 Å². The highest BCUT2D eigenvalue weighted by molar-refractivity contribution is 5.76. The van der Waals surface area contributed by atoms with E-state index < -0.39 is 68.1 Å². The topological polar surface area (TPSA) is 195 Å². The molecule has 1 fully saturated rings. The quantitative estimate of drug-likeness (QED) is 0.167. The molecule has 0 saturated carbocycles. The number of carboxylic acid groups (broad SMARTS) is 1. The lowest BCUT2D eigenvalue weighted by Crippen LogP contribution is -2.62. The fraction of sp³-hybridized carbons (Fsp3) is 0.875. The van der Waals surface area contributed by atoms with Crippen molar-refractivity contribution in [3.63, 3.8) is 0 Å². The number of hydrogen-bond acceptors (Lipinski definition) is 10. The van der Waals surface area contributed by atoms with E-state index in [1.165, 1.54) is 0 Å². The van der Waals surface area contributed by atoms with Crippen molar-refractivity contribution < 1.29 is 54.4 Å². The third-order valence-electron chi connectivity index (χ3n) is 4.21. The lowest BCUT2D eigenvalue weighted by atomic mass is 9.97. The number of nitrogens with one attached hydrogen (secondary N) is 1. The van der Waals surface area contributed by atoms with Crippen LogP contribution in [0.3, 0.4) is 0 Å². The fourth-order valence-corrected chi connectivity index (χ4v) is 2.62. The Morgan fingerprint density at radius 1 is 1.29 bits per heavy atom. The van der Waals surface area contributed by atoms with Gasteiger partial charge in [-0.1, -0.05) is 6.92 Å². The Hall–Kier alpha value is -1.38. The summed E-state index contributed by atoms with van der Waals surface area (Å²) >= 11 is 0. The Kier molecular flexibility index (Phi) is 10.2. The second-order valence-electron chi connectivity index (χ2n) is 6.43. The molecule has 1 aliphatic heterocycles. The van der Waals surface area contributed by atoms with Crippen molar-refractivity contribution in [1.29, 1.82) is 0 Å². The molecule has 1 aliphatic rings. The van der Waals surface area contributed by atoms with Gasteiger partial charge in [-0.05, 0) is 6.92 Å². The third-order valence-corrected chi connectivity index (χ3v) is 4.21. The molecule has 12 heteroatoms. The molecule has 7 N–H and O–H groups in total. The van der Waals surface area contributed by atoms with E-state index in [2.05, 4.69) is 5.32 Å². The van der Waals surface area contributed by atoms with Gasteiger partial charge >= 0.3 is 5.97 Å². The normalized spacial score (nSPS) is 29.5. The van der Waals surface area contributed by atoms with Crippen LogP contribution in [-0.4, -0.2) is 111 Å². The summed E-state index contributed by atoms with van der Waals surface area (Å²) in [5, 5.41) is 60.2. The van der Waals surface area contributed by atoms with Crippen molar-refractivity contribution in [1.82, 2.24) is 5.32 Å². The Bertz CT molecular complexity index is 503. The van der Waals surface area contributed by atoms with Gasteiger partial charge in [0.2, 0.25) is 5.91 Å². The van der Waals surface area contributed by atoms with E-state index in [0.29, 0.717) is 0 Å². The second kappa shape index (κ2) is 11.6. The van der Waals surface area contributed by atoms with E-state index in [4.69, 9.17) is 19.3 Å².